The first-order chi connectivity index (χ1) is 13.1. The van der Waals surface area contributed by atoms with Crippen LogP contribution in [-0.2, 0) is 5.54 Å². The van der Waals surface area contributed by atoms with Crippen molar-refractivity contribution >= 4 is 17.3 Å². The predicted octanol–water partition coefficient (Wildman–Crippen LogP) is 4.98. The normalized spacial score (nSPS) is 22.7. The van der Waals surface area contributed by atoms with Crippen molar-refractivity contribution in [2.24, 2.45) is 16.6 Å². The van der Waals surface area contributed by atoms with Crippen molar-refractivity contribution in [3.63, 3.8) is 0 Å². The molecule has 0 amide bonds. The molecule has 0 saturated carbocycles. The van der Waals surface area contributed by atoms with Crippen LogP contribution in [0.15, 0.2) is 53.4 Å². The maximum absolute atomic E-state index is 12.5. The van der Waals surface area contributed by atoms with Gasteiger partial charge in [0.1, 0.15) is 11.3 Å². The second-order valence-corrected chi connectivity index (χ2v) is 7.91. The monoisotopic (exact) mass is 409 g/mol. The Morgan fingerprint density at radius 3 is 2.82 bits per heavy atom. The van der Waals surface area contributed by atoms with Gasteiger partial charge in [0.25, 0.3) is 0 Å². The lowest BCUT2D eigenvalue weighted by Crippen LogP contribution is -2.49. The number of benzene rings is 1. The molecule has 0 unspecified atom stereocenters. The van der Waals surface area contributed by atoms with E-state index in [-0.39, 0.29) is 11.7 Å². The molecule has 2 aromatic rings. The molecule has 0 fully saturated rings. The van der Waals surface area contributed by atoms with Gasteiger partial charge in [-0.05, 0) is 48.1 Å². The number of alkyl halides is 3. The third-order valence-corrected chi connectivity index (χ3v) is 6.13. The number of hydrogen-bond acceptors (Lipinski definition) is 5. The Labute approximate surface area is 166 Å². The number of ether oxygens (including phenoxy) is 1. The lowest BCUT2D eigenvalue weighted by molar-refractivity contribution is -0.274. The highest BCUT2D eigenvalue weighted by atomic mass is 32.1. The summed E-state index contributed by atoms with van der Waals surface area (Å²) in [6.45, 7) is 6.64. The highest BCUT2D eigenvalue weighted by molar-refractivity contribution is 7.10. The molecular formula is C20H22F3N3OS. The number of hydrogen-bond donors (Lipinski definition) is 1. The van der Waals surface area contributed by atoms with Gasteiger partial charge in [-0.15, -0.1) is 31.1 Å². The van der Waals surface area contributed by atoms with Gasteiger partial charge in [-0.3, -0.25) is 0 Å². The van der Waals surface area contributed by atoms with Crippen LogP contribution in [0.25, 0.3) is 11.1 Å². The van der Waals surface area contributed by atoms with Gasteiger partial charge >= 0.3 is 6.36 Å². The van der Waals surface area contributed by atoms with E-state index >= 15 is 0 Å². The summed E-state index contributed by atoms with van der Waals surface area (Å²) in [5.74, 6) is 0.419. The zero-order valence-electron chi connectivity index (χ0n) is 15.7. The van der Waals surface area contributed by atoms with Crippen LogP contribution in [-0.4, -0.2) is 30.8 Å². The van der Waals surface area contributed by atoms with Crippen molar-refractivity contribution in [3.05, 3.63) is 53.2 Å². The molecule has 3 rings (SSSR count). The van der Waals surface area contributed by atoms with Crippen molar-refractivity contribution in [1.29, 1.82) is 0 Å². The molecule has 1 aliphatic rings. The molecule has 1 aromatic carbocycles. The van der Waals surface area contributed by atoms with Crippen LogP contribution in [0.1, 0.15) is 18.2 Å². The first-order valence-corrected chi connectivity index (χ1v) is 9.63. The van der Waals surface area contributed by atoms with Crippen LogP contribution in [0.4, 0.5) is 13.2 Å². The second-order valence-electron chi connectivity index (χ2n) is 6.99. The maximum Gasteiger partial charge on any atom is 0.573 e. The molecule has 4 nitrogen and oxygen atoms in total. The Balaban J connectivity index is 1.95. The average molecular weight is 409 g/mol. The number of rotatable bonds is 5. The molecule has 28 heavy (non-hydrogen) atoms. The quantitative estimate of drug-likeness (QED) is 0.709. The fourth-order valence-corrected chi connectivity index (χ4v) is 4.51. The Hall–Kier alpha value is -2.48. The molecule has 150 valence electrons. The Bertz CT molecular complexity index is 893. The molecular weight excluding hydrogens is 387 g/mol. The van der Waals surface area contributed by atoms with Crippen molar-refractivity contribution in [3.8, 4) is 16.9 Å². The number of guanidine groups is 1. The minimum absolute atomic E-state index is 0.189. The molecule has 8 heteroatoms. The number of nitrogens with two attached hydrogens (primary N) is 1. The van der Waals surface area contributed by atoms with Gasteiger partial charge in [0.05, 0.1) is 0 Å². The molecule has 0 aliphatic carbocycles. The summed E-state index contributed by atoms with van der Waals surface area (Å²) < 4.78 is 41.5. The smallest absolute Gasteiger partial charge is 0.406 e. The molecule has 0 spiro atoms. The van der Waals surface area contributed by atoms with Crippen molar-refractivity contribution in [2.75, 3.05) is 13.6 Å². The number of allylic oxidation sites excluding steroid dienone is 1. The Morgan fingerprint density at radius 2 is 2.14 bits per heavy atom. The highest BCUT2D eigenvalue weighted by Gasteiger charge is 2.40. The summed E-state index contributed by atoms with van der Waals surface area (Å²) in [6.07, 6.45) is -2.07. The third kappa shape index (κ3) is 4.16. The molecule has 1 aliphatic heterocycles. The molecule has 0 bridgehead atoms. The first kappa shape index (κ1) is 20.3. The topological polar surface area (TPSA) is 50.8 Å². The SMILES string of the molecule is C=CC[C@H]1CN(C)C(N)=N[C@]1(C)c1cc(-c2cccc(OC(F)(F)F)c2)cs1. The largest absolute Gasteiger partial charge is 0.573 e. The summed E-state index contributed by atoms with van der Waals surface area (Å²) in [7, 11) is 1.90. The van der Waals surface area contributed by atoms with Crippen LogP contribution in [0.5, 0.6) is 5.75 Å². The number of aliphatic imine (C=N–C) groups is 1. The van der Waals surface area contributed by atoms with E-state index in [2.05, 4.69) is 11.3 Å². The molecule has 2 heterocycles. The summed E-state index contributed by atoms with van der Waals surface area (Å²) in [6, 6.07) is 7.94. The fraction of sp³-hybridized carbons (Fsp3) is 0.350. The maximum atomic E-state index is 12.5. The Kier molecular flexibility index (Phi) is 5.43. The van der Waals surface area contributed by atoms with E-state index in [9.17, 15) is 13.2 Å². The van der Waals surface area contributed by atoms with Crippen LogP contribution in [0.2, 0.25) is 0 Å². The number of halogens is 3. The van der Waals surface area contributed by atoms with Gasteiger partial charge in [-0.2, -0.15) is 0 Å². The molecule has 1 aromatic heterocycles. The van der Waals surface area contributed by atoms with Crippen LogP contribution < -0.4 is 10.5 Å². The highest BCUT2D eigenvalue weighted by Crippen LogP contribution is 2.43. The minimum atomic E-state index is -4.72. The predicted molar refractivity (Wildman–Crippen MR) is 106 cm³/mol. The van der Waals surface area contributed by atoms with Crippen molar-refractivity contribution in [2.45, 2.75) is 25.2 Å². The molecule has 2 N–H and O–H groups in total. The van der Waals surface area contributed by atoms with E-state index in [1.54, 1.807) is 12.1 Å². The average Bonchev–Trinajstić information content (AvgIpc) is 3.09. The Morgan fingerprint density at radius 1 is 1.39 bits per heavy atom. The van der Waals surface area contributed by atoms with Gasteiger partial charge in [0, 0.05) is 24.4 Å². The van der Waals surface area contributed by atoms with E-state index in [0.29, 0.717) is 11.5 Å². The zero-order valence-corrected chi connectivity index (χ0v) is 16.5. The van der Waals surface area contributed by atoms with E-state index in [0.717, 1.165) is 23.4 Å². The lowest BCUT2D eigenvalue weighted by atomic mass is 9.80. The molecule has 2 atom stereocenters. The number of thiophene rings is 1. The summed E-state index contributed by atoms with van der Waals surface area (Å²) in [4.78, 5) is 7.67. The second kappa shape index (κ2) is 7.50. The minimum Gasteiger partial charge on any atom is -0.406 e. The third-order valence-electron chi connectivity index (χ3n) is 4.98. The van der Waals surface area contributed by atoms with Gasteiger partial charge in [0.2, 0.25) is 0 Å². The van der Waals surface area contributed by atoms with Crippen LogP contribution >= 0.6 is 11.3 Å². The summed E-state index contributed by atoms with van der Waals surface area (Å²) in [5, 5.41) is 1.92. The van der Waals surface area contributed by atoms with E-state index < -0.39 is 11.9 Å². The summed E-state index contributed by atoms with van der Waals surface area (Å²) in [5.41, 5.74) is 7.03. The van der Waals surface area contributed by atoms with E-state index in [1.165, 1.54) is 23.5 Å². The van der Waals surface area contributed by atoms with Gasteiger partial charge < -0.3 is 15.4 Å². The van der Waals surface area contributed by atoms with E-state index in [4.69, 9.17) is 10.7 Å². The van der Waals surface area contributed by atoms with Gasteiger partial charge in [-0.25, -0.2) is 4.99 Å². The van der Waals surface area contributed by atoms with Gasteiger partial charge in [-0.1, -0.05) is 18.2 Å². The fourth-order valence-electron chi connectivity index (χ4n) is 3.40. The zero-order chi connectivity index (χ0) is 20.5. The van der Waals surface area contributed by atoms with Crippen molar-refractivity contribution in [1.82, 2.24) is 4.90 Å². The van der Waals surface area contributed by atoms with Gasteiger partial charge in [0.15, 0.2) is 5.96 Å². The van der Waals surface area contributed by atoms with Crippen LogP contribution in [0, 0.1) is 5.92 Å². The van der Waals surface area contributed by atoms with E-state index in [1.807, 2.05) is 36.4 Å². The van der Waals surface area contributed by atoms with Crippen molar-refractivity contribution < 1.29 is 17.9 Å². The summed E-state index contributed by atoms with van der Waals surface area (Å²) >= 11 is 1.52. The first-order valence-electron chi connectivity index (χ1n) is 8.75. The molecule has 0 radical (unpaired) electrons. The standard InChI is InChI=1S/C20H22F3N3OS/c1-4-6-15-11-26(3)18(24)25-19(15,2)17-10-14(12-28-17)13-7-5-8-16(9-13)27-20(21,22)23/h4-5,7-10,12,15H,1,6,11H2,2-3H3,(H2,24,25)/t15-,19-/m0/s1. The number of nitrogens with zero attached hydrogens (tertiary/aromatic N) is 2. The molecule has 0 saturated heterocycles. The van der Waals surface area contributed by atoms with Crippen LogP contribution in [0.3, 0.4) is 0 Å². The lowest BCUT2D eigenvalue weighted by Gasteiger charge is -2.41.